The van der Waals surface area contributed by atoms with E-state index in [9.17, 15) is 4.39 Å². The van der Waals surface area contributed by atoms with Gasteiger partial charge in [0.25, 0.3) is 0 Å². The van der Waals surface area contributed by atoms with Crippen molar-refractivity contribution in [2.24, 2.45) is 0 Å². The molecule has 1 aromatic heterocycles. The molecule has 0 amide bonds. The first kappa shape index (κ1) is 13.2. The van der Waals surface area contributed by atoms with Crippen LogP contribution in [0, 0.1) is 19.7 Å². The molecule has 0 aliphatic heterocycles. The molecule has 3 heteroatoms. The van der Waals surface area contributed by atoms with E-state index < -0.39 is 0 Å². The third-order valence-corrected chi connectivity index (χ3v) is 4.00. The van der Waals surface area contributed by atoms with Gasteiger partial charge in [0.05, 0.1) is 6.04 Å². The van der Waals surface area contributed by atoms with E-state index in [4.69, 9.17) is 0 Å². The van der Waals surface area contributed by atoms with Gasteiger partial charge in [-0.1, -0.05) is 25.1 Å². The van der Waals surface area contributed by atoms with Crippen molar-refractivity contribution in [2.75, 3.05) is 6.54 Å². The van der Waals surface area contributed by atoms with E-state index in [1.165, 1.54) is 21.4 Å². The van der Waals surface area contributed by atoms with Gasteiger partial charge in [0.15, 0.2) is 0 Å². The summed E-state index contributed by atoms with van der Waals surface area (Å²) in [7, 11) is 0. The van der Waals surface area contributed by atoms with E-state index in [0.717, 1.165) is 12.1 Å². The Labute approximate surface area is 112 Å². The topological polar surface area (TPSA) is 12.0 Å². The van der Waals surface area contributed by atoms with Gasteiger partial charge in [0, 0.05) is 15.3 Å². The van der Waals surface area contributed by atoms with Crippen LogP contribution < -0.4 is 5.32 Å². The molecule has 1 aromatic carbocycles. The number of aryl methyl sites for hydroxylation is 2. The lowest BCUT2D eigenvalue weighted by atomic mass is 9.98. The van der Waals surface area contributed by atoms with Crippen LogP contribution in [-0.4, -0.2) is 6.54 Å². The monoisotopic (exact) mass is 263 g/mol. The summed E-state index contributed by atoms with van der Waals surface area (Å²) < 4.78 is 14.0. The maximum atomic E-state index is 14.0. The Hall–Kier alpha value is -1.19. The number of hydrogen-bond donors (Lipinski definition) is 1. The highest BCUT2D eigenvalue weighted by Gasteiger charge is 2.19. The highest BCUT2D eigenvalue weighted by Crippen LogP contribution is 2.31. The first-order valence-electron chi connectivity index (χ1n) is 6.18. The molecular weight excluding hydrogens is 245 g/mol. The Balaban J connectivity index is 2.46. The van der Waals surface area contributed by atoms with Gasteiger partial charge in [-0.2, -0.15) is 0 Å². The molecule has 2 rings (SSSR count). The lowest BCUT2D eigenvalue weighted by molar-refractivity contribution is 0.559. The fraction of sp³-hybridized carbons (Fsp3) is 0.333. The number of nitrogens with one attached hydrogen (secondary N) is 1. The van der Waals surface area contributed by atoms with Crippen LogP contribution in [-0.2, 0) is 0 Å². The van der Waals surface area contributed by atoms with Crippen molar-refractivity contribution in [3.8, 4) is 0 Å². The Morgan fingerprint density at radius 3 is 2.50 bits per heavy atom. The van der Waals surface area contributed by atoms with Gasteiger partial charge < -0.3 is 5.32 Å². The smallest absolute Gasteiger partial charge is 0.128 e. The summed E-state index contributed by atoms with van der Waals surface area (Å²) in [5, 5.41) is 3.38. The molecule has 2 aromatic rings. The molecule has 0 aliphatic carbocycles. The molecule has 0 fully saturated rings. The lowest BCUT2D eigenvalue weighted by Crippen LogP contribution is -2.23. The molecule has 0 spiro atoms. The summed E-state index contributed by atoms with van der Waals surface area (Å²) in [6.07, 6.45) is 0. The number of benzene rings is 1. The molecule has 0 bridgehead atoms. The van der Waals surface area contributed by atoms with E-state index in [-0.39, 0.29) is 11.9 Å². The standard InChI is InChI=1S/C15H18FNS/c1-4-17-15(12-7-5-6-8-14(12)16)13-9-10(2)18-11(13)3/h5-9,15,17H,4H2,1-3H3. The summed E-state index contributed by atoms with van der Waals surface area (Å²) >= 11 is 1.76. The SMILES string of the molecule is CCNC(c1ccccc1F)c1cc(C)sc1C. The number of rotatable bonds is 4. The van der Waals surface area contributed by atoms with E-state index in [0.29, 0.717) is 0 Å². The average molecular weight is 263 g/mol. The van der Waals surface area contributed by atoms with Crippen LogP contribution in [0.1, 0.15) is 33.8 Å². The predicted octanol–water partition coefficient (Wildman–Crippen LogP) is 4.20. The Kier molecular flexibility index (Phi) is 4.15. The predicted molar refractivity (Wildman–Crippen MR) is 75.7 cm³/mol. The first-order valence-corrected chi connectivity index (χ1v) is 7.00. The quantitative estimate of drug-likeness (QED) is 0.871. The van der Waals surface area contributed by atoms with Crippen LogP contribution in [0.15, 0.2) is 30.3 Å². The molecule has 0 saturated heterocycles. The Bertz CT molecular complexity index is 533. The van der Waals surface area contributed by atoms with Gasteiger partial charge in [-0.15, -0.1) is 11.3 Å². The second-order valence-corrected chi connectivity index (χ2v) is 5.84. The zero-order valence-corrected chi connectivity index (χ0v) is 11.8. The molecule has 96 valence electrons. The van der Waals surface area contributed by atoms with Crippen molar-refractivity contribution >= 4 is 11.3 Å². The van der Waals surface area contributed by atoms with Gasteiger partial charge >= 0.3 is 0 Å². The van der Waals surface area contributed by atoms with Gasteiger partial charge in [-0.25, -0.2) is 4.39 Å². The van der Waals surface area contributed by atoms with Crippen molar-refractivity contribution in [3.05, 3.63) is 57.0 Å². The normalized spacial score (nSPS) is 12.7. The minimum absolute atomic E-state index is 0.0545. The second-order valence-electron chi connectivity index (χ2n) is 4.38. The second kappa shape index (κ2) is 5.63. The van der Waals surface area contributed by atoms with Crippen LogP contribution in [0.2, 0.25) is 0 Å². The highest BCUT2D eigenvalue weighted by atomic mass is 32.1. The van der Waals surface area contributed by atoms with Crippen molar-refractivity contribution in [3.63, 3.8) is 0 Å². The molecule has 18 heavy (non-hydrogen) atoms. The minimum atomic E-state index is -0.147. The van der Waals surface area contributed by atoms with E-state index in [1.807, 2.05) is 19.1 Å². The van der Waals surface area contributed by atoms with Crippen LogP contribution in [0.3, 0.4) is 0 Å². The third kappa shape index (κ3) is 2.62. The Morgan fingerprint density at radius 1 is 1.22 bits per heavy atom. The van der Waals surface area contributed by atoms with Gasteiger partial charge in [0.1, 0.15) is 5.82 Å². The van der Waals surface area contributed by atoms with Crippen molar-refractivity contribution < 1.29 is 4.39 Å². The van der Waals surface area contributed by atoms with Gasteiger partial charge in [0.2, 0.25) is 0 Å². The molecular formula is C15H18FNS. The van der Waals surface area contributed by atoms with Crippen molar-refractivity contribution in [1.29, 1.82) is 0 Å². The Morgan fingerprint density at radius 2 is 1.94 bits per heavy atom. The van der Waals surface area contributed by atoms with Gasteiger partial charge in [-0.3, -0.25) is 0 Å². The minimum Gasteiger partial charge on any atom is -0.306 e. The van der Waals surface area contributed by atoms with E-state index >= 15 is 0 Å². The number of thiophene rings is 1. The molecule has 1 N–H and O–H groups in total. The third-order valence-electron chi connectivity index (χ3n) is 3.01. The lowest BCUT2D eigenvalue weighted by Gasteiger charge is -2.19. The number of halogens is 1. The number of hydrogen-bond acceptors (Lipinski definition) is 2. The molecule has 0 radical (unpaired) electrons. The molecule has 1 nitrogen and oxygen atoms in total. The summed E-state index contributed by atoms with van der Waals surface area (Å²) in [6.45, 7) is 7.04. The van der Waals surface area contributed by atoms with Crippen LogP contribution in [0.25, 0.3) is 0 Å². The van der Waals surface area contributed by atoms with E-state index in [1.54, 1.807) is 17.4 Å². The van der Waals surface area contributed by atoms with Crippen molar-refractivity contribution in [1.82, 2.24) is 5.32 Å². The zero-order chi connectivity index (χ0) is 13.1. The summed E-state index contributed by atoms with van der Waals surface area (Å²) in [5.74, 6) is -0.147. The van der Waals surface area contributed by atoms with Crippen molar-refractivity contribution in [2.45, 2.75) is 26.8 Å². The summed E-state index contributed by atoms with van der Waals surface area (Å²) in [6, 6.07) is 9.09. The molecule has 1 atom stereocenters. The van der Waals surface area contributed by atoms with Gasteiger partial charge in [-0.05, 0) is 38.1 Å². The molecule has 0 aliphatic rings. The maximum absolute atomic E-state index is 14.0. The molecule has 1 unspecified atom stereocenters. The zero-order valence-electron chi connectivity index (χ0n) is 11.0. The van der Waals surface area contributed by atoms with E-state index in [2.05, 4.69) is 25.2 Å². The average Bonchev–Trinajstić information content (AvgIpc) is 2.66. The molecule has 0 saturated carbocycles. The summed E-state index contributed by atoms with van der Waals surface area (Å²) in [4.78, 5) is 2.52. The van der Waals surface area contributed by atoms with Crippen LogP contribution >= 0.6 is 11.3 Å². The summed E-state index contributed by atoms with van der Waals surface area (Å²) in [5.41, 5.74) is 1.91. The maximum Gasteiger partial charge on any atom is 0.128 e. The first-order chi connectivity index (χ1) is 8.63. The van der Waals surface area contributed by atoms with Crippen LogP contribution in [0.4, 0.5) is 4.39 Å². The van der Waals surface area contributed by atoms with Crippen LogP contribution in [0.5, 0.6) is 0 Å². The largest absolute Gasteiger partial charge is 0.306 e. The molecule has 1 heterocycles. The fourth-order valence-electron chi connectivity index (χ4n) is 2.24. The highest BCUT2D eigenvalue weighted by molar-refractivity contribution is 7.12. The fourth-order valence-corrected chi connectivity index (χ4v) is 3.20.